The third kappa shape index (κ3) is 3.26. The van der Waals surface area contributed by atoms with E-state index < -0.39 is 5.82 Å². The van der Waals surface area contributed by atoms with E-state index in [0.29, 0.717) is 15.7 Å². The molecule has 3 rings (SSSR count). The van der Waals surface area contributed by atoms with Gasteiger partial charge < -0.3 is 5.32 Å². The molecule has 2 aromatic carbocycles. The van der Waals surface area contributed by atoms with Gasteiger partial charge in [0, 0.05) is 10.2 Å². The van der Waals surface area contributed by atoms with Crippen molar-refractivity contribution in [2.24, 2.45) is 0 Å². The molecule has 0 aliphatic carbocycles. The van der Waals surface area contributed by atoms with Gasteiger partial charge in [-0.05, 0) is 69.2 Å². The molecule has 1 aromatic heterocycles. The number of aryl methyl sites for hydroxylation is 1. The van der Waals surface area contributed by atoms with Crippen LogP contribution >= 0.6 is 15.9 Å². The maximum Gasteiger partial charge on any atom is 0.256 e. The molecule has 0 atom stereocenters. The Hall–Kier alpha value is -2.61. The summed E-state index contributed by atoms with van der Waals surface area (Å²) < 4.78 is 15.0. The molecule has 116 valence electrons. The third-order valence-electron chi connectivity index (χ3n) is 3.24. The summed E-state index contributed by atoms with van der Waals surface area (Å²) in [5.74, 6) is -0.756. The van der Waals surface area contributed by atoms with Crippen molar-refractivity contribution in [1.82, 2.24) is 20.2 Å². The van der Waals surface area contributed by atoms with Gasteiger partial charge >= 0.3 is 0 Å². The minimum absolute atomic E-state index is 0.343. The van der Waals surface area contributed by atoms with Gasteiger partial charge in [0.05, 0.1) is 11.3 Å². The highest BCUT2D eigenvalue weighted by molar-refractivity contribution is 9.10. The molecule has 0 aliphatic rings. The molecule has 23 heavy (non-hydrogen) atoms. The van der Waals surface area contributed by atoms with E-state index in [1.807, 2.05) is 13.0 Å². The first-order valence-corrected chi connectivity index (χ1v) is 7.44. The minimum Gasteiger partial charge on any atom is -0.322 e. The van der Waals surface area contributed by atoms with Crippen LogP contribution in [-0.2, 0) is 0 Å². The summed E-state index contributed by atoms with van der Waals surface area (Å²) in [4.78, 5) is 12.3. The Labute approximate surface area is 139 Å². The van der Waals surface area contributed by atoms with Gasteiger partial charge in [-0.15, -0.1) is 5.10 Å². The Bertz CT molecular complexity index is 866. The molecule has 0 unspecified atom stereocenters. The number of hydrogen-bond donors (Lipinski definition) is 1. The number of rotatable bonds is 3. The van der Waals surface area contributed by atoms with Gasteiger partial charge in [-0.3, -0.25) is 4.79 Å². The Kier molecular flexibility index (Phi) is 4.16. The van der Waals surface area contributed by atoms with Crippen molar-refractivity contribution in [3.05, 3.63) is 64.1 Å². The van der Waals surface area contributed by atoms with Crippen LogP contribution in [0.4, 0.5) is 10.1 Å². The quantitative estimate of drug-likeness (QED) is 0.763. The molecule has 8 heteroatoms. The number of nitrogens with one attached hydrogen (secondary N) is 1. The van der Waals surface area contributed by atoms with Crippen LogP contribution in [0.5, 0.6) is 0 Å². The lowest BCUT2D eigenvalue weighted by atomic mass is 10.1. The summed E-state index contributed by atoms with van der Waals surface area (Å²) in [7, 11) is 0. The van der Waals surface area contributed by atoms with Crippen molar-refractivity contribution < 1.29 is 9.18 Å². The summed E-state index contributed by atoms with van der Waals surface area (Å²) in [5.41, 5.74) is 2.64. The number of carbonyl (C=O) groups is 1. The average molecular weight is 376 g/mol. The fraction of sp³-hybridized carbons (Fsp3) is 0.0667. The zero-order valence-corrected chi connectivity index (χ0v) is 13.6. The summed E-state index contributed by atoms with van der Waals surface area (Å²) in [6.07, 6.45) is 1.48. The smallest absolute Gasteiger partial charge is 0.256 e. The molecule has 0 bridgehead atoms. The number of aromatic nitrogens is 4. The van der Waals surface area contributed by atoms with Gasteiger partial charge in [-0.2, -0.15) is 0 Å². The number of benzene rings is 2. The molecule has 6 nitrogen and oxygen atoms in total. The largest absolute Gasteiger partial charge is 0.322 e. The highest BCUT2D eigenvalue weighted by Gasteiger charge is 2.12. The fourth-order valence-electron chi connectivity index (χ4n) is 2.08. The molecule has 0 saturated heterocycles. The maximum absolute atomic E-state index is 13.1. The Morgan fingerprint density at radius 2 is 2.09 bits per heavy atom. The standard InChI is InChI=1S/C15H11BrFN5O/c1-9-2-4-11(7-14(9)22-8-18-20-21-22)19-15(23)12-5-3-10(17)6-13(12)16/h2-8H,1H3,(H,19,23). The zero-order chi connectivity index (χ0) is 16.4. The summed E-state index contributed by atoms with van der Waals surface area (Å²) >= 11 is 3.19. The number of carbonyl (C=O) groups excluding carboxylic acids is 1. The average Bonchev–Trinajstić information content (AvgIpc) is 3.03. The molecule has 1 N–H and O–H groups in total. The summed E-state index contributed by atoms with van der Waals surface area (Å²) in [5, 5.41) is 13.8. The van der Waals surface area contributed by atoms with Gasteiger partial charge in [0.25, 0.3) is 5.91 Å². The number of hydrogen-bond acceptors (Lipinski definition) is 4. The van der Waals surface area contributed by atoms with Crippen LogP contribution in [-0.4, -0.2) is 26.1 Å². The number of amides is 1. The fourth-order valence-corrected chi connectivity index (χ4v) is 2.61. The molecule has 0 spiro atoms. The first-order chi connectivity index (χ1) is 11.0. The Morgan fingerprint density at radius 1 is 1.26 bits per heavy atom. The van der Waals surface area contributed by atoms with E-state index in [1.165, 1.54) is 29.2 Å². The lowest BCUT2D eigenvalue weighted by molar-refractivity contribution is 0.102. The molecule has 0 saturated carbocycles. The van der Waals surface area contributed by atoms with E-state index in [9.17, 15) is 9.18 Å². The first kappa shape index (κ1) is 15.3. The first-order valence-electron chi connectivity index (χ1n) is 6.65. The van der Waals surface area contributed by atoms with Crippen LogP contribution in [0.2, 0.25) is 0 Å². The topological polar surface area (TPSA) is 72.7 Å². The van der Waals surface area contributed by atoms with Gasteiger partial charge in [0.15, 0.2) is 0 Å². The van der Waals surface area contributed by atoms with Crippen LogP contribution in [0.25, 0.3) is 5.69 Å². The van der Waals surface area contributed by atoms with Crippen molar-refractivity contribution in [3.63, 3.8) is 0 Å². The van der Waals surface area contributed by atoms with Gasteiger partial charge in [0.2, 0.25) is 0 Å². The van der Waals surface area contributed by atoms with E-state index in [2.05, 4.69) is 36.8 Å². The third-order valence-corrected chi connectivity index (χ3v) is 3.89. The van der Waals surface area contributed by atoms with Crippen molar-refractivity contribution >= 4 is 27.5 Å². The number of anilines is 1. The van der Waals surface area contributed by atoms with Gasteiger partial charge in [-0.1, -0.05) is 6.07 Å². The number of halogens is 2. The normalized spacial score (nSPS) is 10.6. The lowest BCUT2D eigenvalue weighted by Crippen LogP contribution is -2.13. The van der Waals surface area contributed by atoms with Crippen molar-refractivity contribution in [1.29, 1.82) is 0 Å². The second-order valence-electron chi connectivity index (χ2n) is 4.83. The van der Waals surface area contributed by atoms with Crippen LogP contribution in [0.1, 0.15) is 15.9 Å². The molecule has 1 heterocycles. The summed E-state index contributed by atoms with van der Waals surface area (Å²) in [6, 6.07) is 9.30. The zero-order valence-electron chi connectivity index (χ0n) is 12.0. The van der Waals surface area contributed by atoms with Gasteiger partial charge in [-0.25, -0.2) is 9.07 Å². The molecule has 3 aromatic rings. The van der Waals surface area contributed by atoms with E-state index in [1.54, 1.807) is 12.1 Å². The number of tetrazole rings is 1. The van der Waals surface area contributed by atoms with E-state index >= 15 is 0 Å². The van der Waals surface area contributed by atoms with E-state index in [4.69, 9.17) is 0 Å². The molecular weight excluding hydrogens is 365 g/mol. The summed E-state index contributed by atoms with van der Waals surface area (Å²) in [6.45, 7) is 1.92. The Balaban J connectivity index is 1.88. The van der Waals surface area contributed by atoms with Crippen molar-refractivity contribution in [2.75, 3.05) is 5.32 Å². The Morgan fingerprint density at radius 3 is 2.78 bits per heavy atom. The highest BCUT2D eigenvalue weighted by atomic mass is 79.9. The maximum atomic E-state index is 13.1. The molecule has 0 fully saturated rings. The lowest BCUT2D eigenvalue weighted by Gasteiger charge is -2.10. The molecular formula is C15H11BrFN5O. The molecule has 1 amide bonds. The molecule has 0 radical (unpaired) electrons. The predicted molar refractivity (Wildman–Crippen MR) is 85.9 cm³/mol. The second-order valence-corrected chi connectivity index (χ2v) is 5.69. The van der Waals surface area contributed by atoms with Gasteiger partial charge in [0.1, 0.15) is 12.1 Å². The monoisotopic (exact) mass is 375 g/mol. The highest BCUT2D eigenvalue weighted by Crippen LogP contribution is 2.22. The predicted octanol–water partition coefficient (Wildman–Crippen LogP) is 3.12. The second kappa shape index (κ2) is 6.25. The minimum atomic E-state index is -0.412. The SMILES string of the molecule is Cc1ccc(NC(=O)c2ccc(F)cc2Br)cc1-n1cnnn1. The number of nitrogens with zero attached hydrogens (tertiary/aromatic N) is 4. The van der Waals surface area contributed by atoms with Crippen LogP contribution in [0, 0.1) is 12.7 Å². The van der Waals surface area contributed by atoms with Crippen molar-refractivity contribution in [3.8, 4) is 5.69 Å². The van der Waals surface area contributed by atoms with Crippen molar-refractivity contribution in [2.45, 2.75) is 6.92 Å². The molecule has 0 aliphatic heterocycles. The van der Waals surface area contributed by atoms with Crippen LogP contribution in [0.15, 0.2) is 47.2 Å². The van der Waals surface area contributed by atoms with Crippen LogP contribution in [0.3, 0.4) is 0 Å². The van der Waals surface area contributed by atoms with E-state index in [0.717, 1.165) is 11.3 Å². The van der Waals surface area contributed by atoms with Crippen LogP contribution < -0.4 is 5.32 Å². The van der Waals surface area contributed by atoms with E-state index in [-0.39, 0.29) is 5.91 Å².